The van der Waals surface area contributed by atoms with Crippen molar-refractivity contribution in [3.63, 3.8) is 0 Å². The molecule has 0 saturated carbocycles. The Hall–Kier alpha value is -7.52. The Labute approximate surface area is 377 Å². The highest BCUT2D eigenvalue weighted by Crippen LogP contribution is 2.66. The first-order valence-corrected chi connectivity index (χ1v) is 23.4. The maximum absolute atomic E-state index is 2.63. The Morgan fingerprint density at radius 2 is 0.906 bits per heavy atom. The SMILES string of the molecule is C1=CC(C2(c3ccccc3)c3ccccc3-c3ccccc32)CC=C1N(c1cccc2c1C1(c3ccccc3-c3ccccc31)c1ccccc1-2)c1cccc2c1sc1ccccc12. The van der Waals surface area contributed by atoms with Crippen molar-refractivity contribution in [2.45, 2.75) is 17.3 Å². The molecule has 1 unspecified atom stereocenters. The van der Waals surface area contributed by atoms with Crippen molar-refractivity contribution in [2.75, 3.05) is 4.90 Å². The van der Waals surface area contributed by atoms with E-state index in [1.165, 1.54) is 110 Å². The predicted molar refractivity (Wildman–Crippen MR) is 268 cm³/mol. The Balaban J connectivity index is 1.03. The molecule has 0 aliphatic heterocycles. The standard InChI is InChI=1S/C62H41NS/c1-2-18-40(19-3-1)61(51-28-10-4-20-43(51)44-21-5-11-29-52(44)61)41-36-38-42(39-37-41)63(57-34-17-27-50-48-25-9-15-35-58(48)64-60(50)57)56-33-16-26-49-47-24-8-14-32-55(47)62(59(49)56)53-30-12-6-22-45(53)46-23-7-13-31-54(46)62/h1-36,38-39,41H,37H2. The summed E-state index contributed by atoms with van der Waals surface area (Å²) < 4.78 is 2.61. The van der Waals surface area contributed by atoms with Crippen molar-refractivity contribution in [3.8, 4) is 33.4 Å². The van der Waals surface area contributed by atoms with Crippen molar-refractivity contribution >= 4 is 42.9 Å². The summed E-state index contributed by atoms with van der Waals surface area (Å²) >= 11 is 1.91. The summed E-state index contributed by atoms with van der Waals surface area (Å²) in [5, 5.41) is 2.60. The number of nitrogens with zero attached hydrogens (tertiary/aromatic N) is 1. The quantitative estimate of drug-likeness (QED) is 0.167. The van der Waals surface area contributed by atoms with E-state index in [1.54, 1.807) is 0 Å². The molecule has 9 aromatic carbocycles. The highest BCUT2D eigenvalue weighted by molar-refractivity contribution is 7.26. The molecule has 1 atom stereocenters. The third-order valence-corrected chi connectivity index (χ3v) is 16.2. The smallest absolute Gasteiger partial charge is 0.0746 e. The molecule has 300 valence electrons. The van der Waals surface area contributed by atoms with E-state index in [4.69, 9.17) is 0 Å². The van der Waals surface area contributed by atoms with Crippen molar-refractivity contribution in [1.82, 2.24) is 0 Å². The van der Waals surface area contributed by atoms with Gasteiger partial charge in [0.25, 0.3) is 0 Å². The van der Waals surface area contributed by atoms with Gasteiger partial charge in [-0.15, -0.1) is 11.3 Å². The minimum atomic E-state index is -0.502. The first kappa shape index (κ1) is 36.0. The summed E-state index contributed by atoms with van der Waals surface area (Å²) in [6.45, 7) is 0. The number of allylic oxidation sites excluding steroid dienone is 3. The van der Waals surface area contributed by atoms with E-state index in [2.05, 4.69) is 235 Å². The van der Waals surface area contributed by atoms with Crippen molar-refractivity contribution in [3.05, 3.63) is 275 Å². The van der Waals surface area contributed by atoms with E-state index in [9.17, 15) is 0 Å². The Bertz CT molecular complexity index is 3510. The van der Waals surface area contributed by atoms with E-state index in [-0.39, 0.29) is 11.3 Å². The lowest BCUT2D eigenvalue weighted by Gasteiger charge is -2.41. The minimum absolute atomic E-state index is 0.177. The lowest BCUT2D eigenvalue weighted by molar-refractivity contribution is 0.456. The van der Waals surface area contributed by atoms with Gasteiger partial charge >= 0.3 is 0 Å². The summed E-state index contributed by atoms with van der Waals surface area (Å²) in [5.41, 5.74) is 20.2. The van der Waals surface area contributed by atoms with Crippen LogP contribution in [0.4, 0.5) is 11.4 Å². The van der Waals surface area contributed by atoms with Crippen LogP contribution < -0.4 is 4.90 Å². The van der Waals surface area contributed by atoms with Crippen LogP contribution in [0.5, 0.6) is 0 Å². The molecule has 14 rings (SSSR count). The second kappa shape index (κ2) is 13.5. The van der Waals surface area contributed by atoms with Gasteiger partial charge in [0.05, 0.1) is 26.9 Å². The Morgan fingerprint density at radius 1 is 0.422 bits per heavy atom. The molecule has 10 aromatic rings. The average molecular weight is 832 g/mol. The molecule has 0 bridgehead atoms. The van der Waals surface area contributed by atoms with Crippen LogP contribution in [0.25, 0.3) is 53.6 Å². The van der Waals surface area contributed by atoms with Crippen LogP contribution in [0.2, 0.25) is 0 Å². The number of benzene rings is 9. The Morgan fingerprint density at radius 3 is 1.53 bits per heavy atom. The number of fused-ring (bicyclic) bond motifs is 16. The van der Waals surface area contributed by atoms with Gasteiger partial charge < -0.3 is 4.90 Å². The van der Waals surface area contributed by atoms with E-state index >= 15 is 0 Å². The fourth-order valence-electron chi connectivity index (χ4n) is 12.6. The fourth-order valence-corrected chi connectivity index (χ4v) is 13.8. The first-order chi connectivity index (χ1) is 31.8. The monoisotopic (exact) mass is 831 g/mol. The third kappa shape index (κ3) is 4.58. The number of anilines is 2. The summed E-state index contributed by atoms with van der Waals surface area (Å²) in [5.74, 6) is 0.177. The number of hydrogen-bond acceptors (Lipinski definition) is 2. The van der Waals surface area contributed by atoms with Gasteiger partial charge in [-0.3, -0.25) is 0 Å². The van der Waals surface area contributed by atoms with E-state index in [1.807, 2.05) is 11.3 Å². The van der Waals surface area contributed by atoms with Crippen molar-refractivity contribution in [2.24, 2.45) is 5.92 Å². The summed E-state index contributed by atoms with van der Waals surface area (Å²) in [6, 6.07) is 79.9. The van der Waals surface area contributed by atoms with Crippen LogP contribution in [-0.4, -0.2) is 0 Å². The topological polar surface area (TPSA) is 3.24 Å². The molecular weight excluding hydrogens is 791 g/mol. The normalized spacial score (nSPS) is 16.5. The maximum Gasteiger partial charge on any atom is 0.0746 e. The third-order valence-electron chi connectivity index (χ3n) is 15.0. The fraction of sp³-hybridized carbons (Fsp3) is 0.0645. The molecule has 1 aromatic heterocycles. The highest BCUT2D eigenvalue weighted by atomic mass is 32.1. The number of hydrogen-bond donors (Lipinski definition) is 0. The molecule has 64 heavy (non-hydrogen) atoms. The van der Waals surface area contributed by atoms with Gasteiger partial charge in [0.2, 0.25) is 0 Å². The lowest BCUT2D eigenvalue weighted by Crippen LogP contribution is -2.36. The van der Waals surface area contributed by atoms with Crippen LogP contribution in [0.15, 0.2) is 236 Å². The van der Waals surface area contributed by atoms with Gasteiger partial charge in [0.1, 0.15) is 0 Å². The molecule has 1 spiro atoms. The van der Waals surface area contributed by atoms with Gasteiger partial charge in [0.15, 0.2) is 0 Å². The maximum atomic E-state index is 2.63. The summed E-state index contributed by atoms with van der Waals surface area (Å²) in [7, 11) is 0. The zero-order chi connectivity index (χ0) is 42.0. The molecule has 4 aliphatic rings. The second-order valence-corrected chi connectivity index (χ2v) is 18.8. The number of thiophene rings is 1. The van der Waals surface area contributed by atoms with Gasteiger partial charge in [-0.05, 0) is 103 Å². The van der Waals surface area contributed by atoms with Gasteiger partial charge in [0, 0.05) is 26.7 Å². The lowest BCUT2D eigenvalue weighted by atomic mass is 9.62. The number of rotatable bonds is 5. The molecule has 0 fully saturated rings. The molecular formula is C62H41NS. The minimum Gasteiger partial charge on any atom is -0.309 e. The average Bonchev–Trinajstić information content (AvgIpc) is 4.08. The van der Waals surface area contributed by atoms with Crippen LogP contribution in [0, 0.1) is 5.92 Å². The van der Waals surface area contributed by atoms with E-state index < -0.39 is 5.41 Å². The molecule has 0 saturated heterocycles. The molecule has 0 radical (unpaired) electrons. The second-order valence-electron chi connectivity index (χ2n) is 17.8. The Kier molecular flexibility index (Phi) is 7.59. The largest absolute Gasteiger partial charge is 0.309 e. The summed E-state index contributed by atoms with van der Waals surface area (Å²) in [4.78, 5) is 2.63. The van der Waals surface area contributed by atoms with Crippen molar-refractivity contribution in [1.29, 1.82) is 0 Å². The van der Waals surface area contributed by atoms with Crippen LogP contribution >= 0.6 is 11.3 Å². The zero-order valence-electron chi connectivity index (χ0n) is 35.1. The molecule has 4 aliphatic carbocycles. The predicted octanol–water partition coefficient (Wildman–Crippen LogP) is 16.0. The van der Waals surface area contributed by atoms with E-state index in [0.717, 1.165) is 6.42 Å². The first-order valence-electron chi connectivity index (χ1n) is 22.5. The van der Waals surface area contributed by atoms with Gasteiger partial charge in [-0.25, -0.2) is 0 Å². The van der Waals surface area contributed by atoms with Crippen molar-refractivity contribution < 1.29 is 0 Å². The van der Waals surface area contributed by atoms with Crippen LogP contribution in [0.1, 0.15) is 45.4 Å². The van der Waals surface area contributed by atoms with Gasteiger partial charge in [-0.2, -0.15) is 0 Å². The van der Waals surface area contributed by atoms with Crippen LogP contribution in [-0.2, 0) is 10.8 Å². The summed E-state index contributed by atoms with van der Waals surface area (Å²) in [6.07, 6.45) is 8.43. The van der Waals surface area contributed by atoms with Crippen LogP contribution in [0.3, 0.4) is 0 Å². The molecule has 2 heteroatoms. The molecule has 0 N–H and O–H groups in total. The van der Waals surface area contributed by atoms with E-state index in [0.29, 0.717) is 0 Å². The molecule has 0 amide bonds. The highest BCUT2D eigenvalue weighted by Gasteiger charge is 2.54. The zero-order valence-corrected chi connectivity index (χ0v) is 35.9. The molecule has 1 heterocycles. The molecule has 1 nitrogen and oxygen atoms in total. The van der Waals surface area contributed by atoms with Gasteiger partial charge in [-0.1, -0.05) is 206 Å².